The average Bonchev–Trinajstić information content (AvgIpc) is 2.58. The van der Waals surface area contributed by atoms with Gasteiger partial charge in [0.25, 0.3) is 6.43 Å². The number of hydrogen-bond acceptors (Lipinski definition) is 2. The monoisotopic (exact) mass is 277 g/mol. The van der Waals surface area contributed by atoms with E-state index in [0.29, 0.717) is 10.2 Å². The summed E-state index contributed by atoms with van der Waals surface area (Å²) in [6, 6.07) is 3.26. The molecule has 0 saturated carbocycles. The Morgan fingerprint density at radius 2 is 2.14 bits per heavy atom. The van der Waals surface area contributed by atoms with Crippen LogP contribution in [0, 0.1) is 0 Å². The molecule has 2 aromatic rings. The molecule has 5 heteroatoms. The van der Waals surface area contributed by atoms with E-state index in [-0.39, 0.29) is 5.56 Å². The van der Waals surface area contributed by atoms with E-state index in [9.17, 15) is 8.78 Å². The summed E-state index contributed by atoms with van der Waals surface area (Å²) in [6.45, 7) is 0. The van der Waals surface area contributed by atoms with E-state index < -0.39 is 6.43 Å². The summed E-state index contributed by atoms with van der Waals surface area (Å²) in [5.74, 6) is 0. The smallest absolute Gasteiger partial charge is 0.265 e. The van der Waals surface area contributed by atoms with Gasteiger partial charge in [0, 0.05) is 5.56 Å². The molecule has 0 atom stereocenters. The van der Waals surface area contributed by atoms with E-state index in [1.807, 2.05) is 5.38 Å². The lowest BCUT2D eigenvalue weighted by Crippen LogP contribution is -1.93. The maximum atomic E-state index is 12.6. The molecule has 1 nitrogen and oxygen atoms in total. The van der Waals surface area contributed by atoms with Gasteiger partial charge in [0.05, 0.1) is 14.9 Å². The van der Waals surface area contributed by atoms with Crippen LogP contribution in [0.25, 0.3) is 10.1 Å². The SMILES string of the molecule is Nc1c(Br)c(C(F)F)cc2ccsc12. The Labute approximate surface area is 91.7 Å². The summed E-state index contributed by atoms with van der Waals surface area (Å²) in [4.78, 5) is 0. The Kier molecular flexibility index (Phi) is 2.45. The van der Waals surface area contributed by atoms with E-state index in [0.717, 1.165) is 10.1 Å². The zero-order chi connectivity index (χ0) is 10.3. The van der Waals surface area contributed by atoms with Crippen molar-refractivity contribution < 1.29 is 8.78 Å². The molecular weight excluding hydrogens is 272 g/mol. The van der Waals surface area contributed by atoms with Crippen molar-refractivity contribution in [1.29, 1.82) is 0 Å². The van der Waals surface area contributed by atoms with E-state index in [2.05, 4.69) is 15.9 Å². The number of fused-ring (bicyclic) bond motifs is 1. The van der Waals surface area contributed by atoms with Gasteiger partial charge in [0.15, 0.2) is 0 Å². The quantitative estimate of drug-likeness (QED) is 0.778. The molecule has 2 rings (SSSR count). The number of alkyl halides is 2. The van der Waals surface area contributed by atoms with Crippen molar-refractivity contribution in [2.24, 2.45) is 0 Å². The number of nitrogen functional groups attached to an aromatic ring is 1. The van der Waals surface area contributed by atoms with Gasteiger partial charge in [-0.2, -0.15) is 0 Å². The Hall–Kier alpha value is -0.680. The standard InChI is InChI=1S/C9H6BrF2NS/c10-6-5(9(11)12)3-4-1-2-14-8(4)7(6)13/h1-3,9H,13H2. The Morgan fingerprint density at radius 1 is 1.43 bits per heavy atom. The number of anilines is 1. The molecule has 2 N–H and O–H groups in total. The molecule has 0 amide bonds. The summed E-state index contributed by atoms with van der Waals surface area (Å²) < 4.78 is 26.3. The first-order chi connectivity index (χ1) is 6.61. The van der Waals surface area contributed by atoms with Gasteiger partial charge in [-0.25, -0.2) is 8.78 Å². The molecule has 0 bridgehead atoms. The molecule has 1 aromatic carbocycles. The minimum absolute atomic E-state index is 0.0478. The van der Waals surface area contributed by atoms with Crippen molar-refractivity contribution in [3.8, 4) is 0 Å². The van der Waals surface area contributed by atoms with Crippen LogP contribution < -0.4 is 5.73 Å². The molecule has 74 valence electrons. The van der Waals surface area contributed by atoms with Gasteiger partial charge in [-0.05, 0) is 38.8 Å². The first kappa shape index (κ1) is 9.86. The third kappa shape index (κ3) is 1.40. The zero-order valence-corrected chi connectivity index (χ0v) is 9.33. The Bertz CT molecular complexity index is 481. The molecule has 0 fully saturated rings. The number of hydrogen-bond donors (Lipinski definition) is 1. The first-order valence-corrected chi connectivity index (χ1v) is 5.51. The minimum Gasteiger partial charge on any atom is -0.397 e. The topological polar surface area (TPSA) is 26.0 Å². The molecule has 1 heterocycles. The number of benzene rings is 1. The molecule has 0 aliphatic heterocycles. The summed E-state index contributed by atoms with van der Waals surface area (Å²) in [7, 11) is 0. The highest BCUT2D eigenvalue weighted by Crippen LogP contribution is 2.39. The molecule has 0 spiro atoms. The highest BCUT2D eigenvalue weighted by molar-refractivity contribution is 9.10. The van der Waals surface area contributed by atoms with E-state index >= 15 is 0 Å². The van der Waals surface area contributed by atoms with Crippen molar-refractivity contribution in [3.05, 3.63) is 27.5 Å². The highest BCUT2D eigenvalue weighted by atomic mass is 79.9. The second-order valence-electron chi connectivity index (χ2n) is 2.83. The maximum Gasteiger partial charge on any atom is 0.265 e. The highest BCUT2D eigenvalue weighted by Gasteiger charge is 2.16. The predicted octanol–water partition coefficient (Wildman–Crippen LogP) is 4.18. The lowest BCUT2D eigenvalue weighted by atomic mass is 10.1. The Balaban J connectivity index is 2.80. The van der Waals surface area contributed by atoms with Gasteiger partial charge in [0.2, 0.25) is 0 Å². The van der Waals surface area contributed by atoms with Crippen molar-refractivity contribution in [2.75, 3.05) is 5.73 Å². The molecule has 0 saturated heterocycles. The average molecular weight is 278 g/mol. The van der Waals surface area contributed by atoms with Crippen LogP contribution in [0.5, 0.6) is 0 Å². The number of halogens is 3. The van der Waals surface area contributed by atoms with Gasteiger partial charge in [0.1, 0.15) is 0 Å². The maximum absolute atomic E-state index is 12.6. The molecule has 0 unspecified atom stereocenters. The van der Waals surface area contributed by atoms with Crippen LogP contribution in [0.2, 0.25) is 0 Å². The second kappa shape index (κ2) is 3.47. The van der Waals surface area contributed by atoms with Gasteiger partial charge < -0.3 is 5.73 Å². The van der Waals surface area contributed by atoms with Crippen LogP contribution in [0.4, 0.5) is 14.5 Å². The normalized spacial score (nSPS) is 11.4. The molecule has 0 radical (unpaired) electrons. The summed E-state index contributed by atoms with van der Waals surface area (Å²) in [5, 5.41) is 2.61. The third-order valence-corrected chi connectivity index (χ3v) is 3.82. The van der Waals surface area contributed by atoms with Crippen LogP contribution in [-0.2, 0) is 0 Å². The summed E-state index contributed by atoms with van der Waals surface area (Å²) in [6.07, 6.45) is -2.50. The molecule has 0 aliphatic carbocycles. The van der Waals surface area contributed by atoms with Crippen LogP contribution in [-0.4, -0.2) is 0 Å². The van der Waals surface area contributed by atoms with Gasteiger partial charge in [-0.15, -0.1) is 11.3 Å². The fraction of sp³-hybridized carbons (Fsp3) is 0.111. The largest absolute Gasteiger partial charge is 0.397 e. The van der Waals surface area contributed by atoms with Gasteiger partial charge >= 0.3 is 0 Å². The first-order valence-electron chi connectivity index (χ1n) is 3.84. The predicted molar refractivity (Wildman–Crippen MR) is 58.9 cm³/mol. The van der Waals surface area contributed by atoms with E-state index in [4.69, 9.17) is 5.73 Å². The second-order valence-corrected chi connectivity index (χ2v) is 4.54. The van der Waals surface area contributed by atoms with E-state index in [1.165, 1.54) is 17.4 Å². The van der Waals surface area contributed by atoms with Crippen molar-refractivity contribution >= 4 is 43.0 Å². The van der Waals surface area contributed by atoms with Crippen LogP contribution in [0.15, 0.2) is 22.0 Å². The van der Waals surface area contributed by atoms with E-state index in [1.54, 1.807) is 6.07 Å². The Morgan fingerprint density at radius 3 is 2.79 bits per heavy atom. The van der Waals surface area contributed by atoms with Crippen LogP contribution >= 0.6 is 27.3 Å². The van der Waals surface area contributed by atoms with Crippen LogP contribution in [0.1, 0.15) is 12.0 Å². The fourth-order valence-corrected chi connectivity index (χ4v) is 2.76. The molecule has 14 heavy (non-hydrogen) atoms. The minimum atomic E-state index is -2.50. The zero-order valence-electron chi connectivity index (χ0n) is 6.93. The summed E-state index contributed by atoms with van der Waals surface area (Å²) in [5.41, 5.74) is 6.08. The van der Waals surface area contributed by atoms with Crippen molar-refractivity contribution in [3.63, 3.8) is 0 Å². The van der Waals surface area contributed by atoms with Crippen molar-refractivity contribution in [1.82, 2.24) is 0 Å². The molecule has 0 aliphatic rings. The molecular formula is C9H6BrF2NS. The number of rotatable bonds is 1. The number of thiophene rings is 1. The number of nitrogens with two attached hydrogens (primary N) is 1. The third-order valence-electron chi connectivity index (χ3n) is 1.98. The lowest BCUT2D eigenvalue weighted by Gasteiger charge is -2.07. The van der Waals surface area contributed by atoms with Crippen molar-refractivity contribution in [2.45, 2.75) is 6.43 Å². The van der Waals surface area contributed by atoms with Crippen LogP contribution in [0.3, 0.4) is 0 Å². The fourth-order valence-electron chi connectivity index (χ4n) is 1.30. The summed E-state index contributed by atoms with van der Waals surface area (Å²) >= 11 is 4.54. The molecule has 1 aromatic heterocycles. The lowest BCUT2D eigenvalue weighted by molar-refractivity contribution is 0.151. The van der Waals surface area contributed by atoms with Gasteiger partial charge in [-0.1, -0.05) is 0 Å². The van der Waals surface area contributed by atoms with Gasteiger partial charge in [-0.3, -0.25) is 0 Å².